The fraction of sp³-hybridized carbons (Fsp3) is 0.429. The van der Waals surface area contributed by atoms with E-state index in [-0.39, 0.29) is 12.5 Å². The number of ether oxygens (including phenoxy) is 1. The largest absolute Gasteiger partial charge is 0.482 e. The summed E-state index contributed by atoms with van der Waals surface area (Å²) in [6.07, 6.45) is 2.88. The Bertz CT molecular complexity index is 486. The van der Waals surface area contributed by atoms with Gasteiger partial charge in [0, 0.05) is 12.6 Å². The summed E-state index contributed by atoms with van der Waals surface area (Å²) in [7, 11) is 0. The first kappa shape index (κ1) is 14.1. The first-order chi connectivity index (χ1) is 9.17. The minimum absolute atomic E-state index is 0.0300. The molecule has 0 radical (unpaired) electrons. The van der Waals surface area contributed by atoms with Crippen LogP contribution in [0.3, 0.4) is 0 Å². The number of halogens is 1. The Labute approximate surface area is 120 Å². The summed E-state index contributed by atoms with van der Waals surface area (Å²) in [6.45, 7) is 2.63. The zero-order valence-electron chi connectivity index (χ0n) is 10.8. The molecular formula is C14H16BrNO3. The summed E-state index contributed by atoms with van der Waals surface area (Å²) in [5.41, 5.74) is 0.441. The summed E-state index contributed by atoms with van der Waals surface area (Å²) >= 11 is 3.32. The highest BCUT2D eigenvalue weighted by Crippen LogP contribution is 2.29. The molecule has 0 unspecified atom stereocenters. The van der Waals surface area contributed by atoms with Gasteiger partial charge in [-0.1, -0.05) is 6.07 Å². The summed E-state index contributed by atoms with van der Waals surface area (Å²) in [4.78, 5) is 24.8. The van der Waals surface area contributed by atoms with Crippen molar-refractivity contribution in [3.05, 3.63) is 28.2 Å². The maximum absolute atomic E-state index is 12.0. The van der Waals surface area contributed by atoms with Gasteiger partial charge in [0.15, 0.2) is 12.9 Å². The molecule has 5 heteroatoms. The van der Waals surface area contributed by atoms with E-state index in [0.29, 0.717) is 28.4 Å². The number of carbonyl (C=O) groups excluding carboxylic acids is 2. The van der Waals surface area contributed by atoms with Crippen molar-refractivity contribution in [1.29, 1.82) is 0 Å². The molecule has 2 rings (SSSR count). The third kappa shape index (κ3) is 3.35. The first-order valence-corrected chi connectivity index (χ1v) is 7.12. The molecule has 102 valence electrons. The van der Waals surface area contributed by atoms with Crippen molar-refractivity contribution in [2.45, 2.75) is 25.8 Å². The number of carbonyl (C=O) groups is 2. The Morgan fingerprint density at radius 2 is 2.26 bits per heavy atom. The summed E-state index contributed by atoms with van der Waals surface area (Å²) in [5.74, 6) is 0.398. The Hall–Kier alpha value is -1.36. The molecule has 4 nitrogen and oxygen atoms in total. The molecule has 1 aliphatic carbocycles. The SMILES string of the molecule is CCN(C(=O)COc1c(Br)cccc1C=O)C1CC1. The monoisotopic (exact) mass is 325 g/mol. The number of likely N-dealkylation sites (N-methyl/N-ethyl adjacent to an activating group) is 1. The van der Waals surface area contributed by atoms with Gasteiger partial charge in [0.25, 0.3) is 5.91 Å². The maximum Gasteiger partial charge on any atom is 0.260 e. The van der Waals surface area contributed by atoms with Crippen LogP contribution >= 0.6 is 15.9 Å². The Morgan fingerprint density at radius 3 is 2.84 bits per heavy atom. The Morgan fingerprint density at radius 1 is 1.53 bits per heavy atom. The second-order valence-electron chi connectivity index (χ2n) is 4.48. The Balaban J connectivity index is 2.02. The number of rotatable bonds is 6. The van der Waals surface area contributed by atoms with E-state index in [1.54, 1.807) is 18.2 Å². The van der Waals surface area contributed by atoms with Crippen LogP contribution in [-0.4, -0.2) is 36.3 Å². The van der Waals surface area contributed by atoms with Gasteiger partial charge in [-0.3, -0.25) is 9.59 Å². The van der Waals surface area contributed by atoms with Crippen molar-refractivity contribution >= 4 is 28.1 Å². The van der Waals surface area contributed by atoms with E-state index in [1.807, 2.05) is 11.8 Å². The van der Waals surface area contributed by atoms with Crippen molar-refractivity contribution in [2.75, 3.05) is 13.2 Å². The van der Waals surface area contributed by atoms with Crippen LogP contribution in [0.4, 0.5) is 0 Å². The quantitative estimate of drug-likeness (QED) is 0.755. The van der Waals surface area contributed by atoms with E-state index in [4.69, 9.17) is 4.74 Å². The van der Waals surface area contributed by atoms with Gasteiger partial charge >= 0.3 is 0 Å². The molecule has 0 saturated heterocycles. The number of amides is 1. The molecule has 1 saturated carbocycles. The molecule has 1 fully saturated rings. The lowest BCUT2D eigenvalue weighted by Crippen LogP contribution is -2.36. The van der Waals surface area contributed by atoms with E-state index in [0.717, 1.165) is 19.1 Å². The van der Waals surface area contributed by atoms with Crippen LogP contribution in [0.5, 0.6) is 5.75 Å². The predicted molar refractivity (Wildman–Crippen MR) is 75.4 cm³/mol. The highest BCUT2D eigenvalue weighted by molar-refractivity contribution is 9.10. The zero-order chi connectivity index (χ0) is 13.8. The molecule has 0 N–H and O–H groups in total. The lowest BCUT2D eigenvalue weighted by molar-refractivity contribution is -0.133. The molecule has 0 aromatic heterocycles. The summed E-state index contributed by atoms with van der Waals surface area (Å²) in [6, 6.07) is 5.58. The van der Waals surface area contributed by atoms with E-state index in [1.165, 1.54) is 0 Å². The van der Waals surface area contributed by atoms with Crippen molar-refractivity contribution in [3.63, 3.8) is 0 Å². The van der Waals surface area contributed by atoms with Gasteiger partial charge in [-0.2, -0.15) is 0 Å². The second-order valence-corrected chi connectivity index (χ2v) is 5.33. The van der Waals surface area contributed by atoms with Crippen LogP contribution in [0.15, 0.2) is 22.7 Å². The average Bonchev–Trinajstić information content (AvgIpc) is 3.22. The molecule has 0 atom stereocenters. The maximum atomic E-state index is 12.0. The van der Waals surface area contributed by atoms with Gasteiger partial charge in [0.1, 0.15) is 5.75 Å². The highest BCUT2D eigenvalue weighted by Gasteiger charge is 2.31. The van der Waals surface area contributed by atoms with Gasteiger partial charge in [0.05, 0.1) is 10.0 Å². The lowest BCUT2D eigenvalue weighted by Gasteiger charge is -2.20. The minimum atomic E-state index is -0.0339. The number of para-hydroxylation sites is 1. The number of nitrogens with zero attached hydrogens (tertiary/aromatic N) is 1. The third-order valence-corrected chi connectivity index (χ3v) is 3.74. The van der Waals surface area contributed by atoms with Gasteiger partial charge in [-0.25, -0.2) is 0 Å². The molecule has 1 aromatic carbocycles. The molecule has 0 heterocycles. The minimum Gasteiger partial charge on any atom is -0.482 e. The fourth-order valence-electron chi connectivity index (χ4n) is 2.01. The zero-order valence-corrected chi connectivity index (χ0v) is 12.4. The van der Waals surface area contributed by atoms with Gasteiger partial charge in [-0.15, -0.1) is 0 Å². The Kier molecular flexibility index (Phi) is 4.58. The smallest absolute Gasteiger partial charge is 0.260 e. The van der Waals surface area contributed by atoms with E-state index in [9.17, 15) is 9.59 Å². The van der Waals surface area contributed by atoms with Crippen molar-refractivity contribution in [3.8, 4) is 5.75 Å². The number of aldehydes is 1. The second kappa shape index (κ2) is 6.19. The van der Waals surface area contributed by atoms with E-state index in [2.05, 4.69) is 15.9 Å². The van der Waals surface area contributed by atoms with E-state index < -0.39 is 0 Å². The van der Waals surface area contributed by atoms with Crippen molar-refractivity contribution < 1.29 is 14.3 Å². The van der Waals surface area contributed by atoms with Crippen LogP contribution in [-0.2, 0) is 4.79 Å². The van der Waals surface area contributed by atoms with Crippen molar-refractivity contribution in [1.82, 2.24) is 4.90 Å². The summed E-state index contributed by atoms with van der Waals surface area (Å²) in [5, 5.41) is 0. The van der Waals surface area contributed by atoms with Gasteiger partial charge in [0.2, 0.25) is 0 Å². The molecule has 0 bridgehead atoms. The topological polar surface area (TPSA) is 46.6 Å². The molecule has 1 amide bonds. The van der Waals surface area contributed by atoms with Crippen LogP contribution in [0, 0.1) is 0 Å². The molecule has 1 aliphatic rings. The highest BCUT2D eigenvalue weighted by atomic mass is 79.9. The first-order valence-electron chi connectivity index (χ1n) is 6.33. The normalized spacial score (nSPS) is 14.0. The lowest BCUT2D eigenvalue weighted by atomic mass is 10.2. The van der Waals surface area contributed by atoms with Crippen LogP contribution in [0.1, 0.15) is 30.1 Å². The molecule has 1 aromatic rings. The number of hydrogen-bond donors (Lipinski definition) is 0. The average molecular weight is 326 g/mol. The number of benzene rings is 1. The number of hydrogen-bond acceptors (Lipinski definition) is 3. The molecule has 19 heavy (non-hydrogen) atoms. The van der Waals surface area contributed by atoms with Crippen LogP contribution in [0.2, 0.25) is 0 Å². The van der Waals surface area contributed by atoms with Gasteiger partial charge in [-0.05, 0) is 47.8 Å². The summed E-state index contributed by atoms with van der Waals surface area (Å²) < 4.78 is 6.19. The molecule has 0 aliphatic heterocycles. The van der Waals surface area contributed by atoms with E-state index >= 15 is 0 Å². The predicted octanol–water partition coefficient (Wildman–Crippen LogP) is 2.65. The molecular weight excluding hydrogens is 310 g/mol. The standard InChI is InChI=1S/C14H16BrNO3/c1-2-16(11-6-7-11)13(18)9-19-14-10(8-17)4-3-5-12(14)15/h3-5,8,11H,2,6-7,9H2,1H3. The third-order valence-electron chi connectivity index (χ3n) is 3.11. The fourth-order valence-corrected chi connectivity index (χ4v) is 2.51. The van der Waals surface area contributed by atoms with Crippen molar-refractivity contribution in [2.24, 2.45) is 0 Å². The molecule has 0 spiro atoms. The van der Waals surface area contributed by atoms with Crippen LogP contribution in [0.25, 0.3) is 0 Å². The van der Waals surface area contributed by atoms with Crippen LogP contribution < -0.4 is 4.74 Å². The van der Waals surface area contributed by atoms with Gasteiger partial charge < -0.3 is 9.64 Å².